The van der Waals surface area contributed by atoms with Crippen molar-refractivity contribution in [3.8, 4) is 5.75 Å². The van der Waals surface area contributed by atoms with Gasteiger partial charge in [0.2, 0.25) is 10.0 Å². The van der Waals surface area contributed by atoms with Crippen LogP contribution in [0, 0.1) is 0 Å². The molecule has 21 heavy (non-hydrogen) atoms. The molecule has 0 aromatic heterocycles. The molecule has 0 bridgehead atoms. The number of benzene rings is 1. The molecule has 1 amide bonds. The molecule has 0 saturated carbocycles. The number of sulfonamides is 1. The van der Waals surface area contributed by atoms with E-state index in [9.17, 15) is 13.2 Å². The number of ether oxygens (including phenoxy) is 1. The van der Waals surface area contributed by atoms with Crippen molar-refractivity contribution in [1.82, 2.24) is 4.72 Å². The predicted molar refractivity (Wildman–Crippen MR) is 78.8 cm³/mol. The second kappa shape index (κ2) is 6.42. The van der Waals surface area contributed by atoms with Gasteiger partial charge in [0.05, 0.1) is 10.6 Å². The Labute approximate surface area is 124 Å². The molecule has 116 valence electrons. The highest BCUT2D eigenvalue weighted by molar-refractivity contribution is 7.89. The summed E-state index contributed by atoms with van der Waals surface area (Å²) >= 11 is 0. The predicted octanol–water partition coefficient (Wildman–Crippen LogP) is 0.0590. The van der Waals surface area contributed by atoms with E-state index in [1.165, 1.54) is 17.0 Å². The molecule has 1 aromatic rings. The van der Waals surface area contributed by atoms with Crippen LogP contribution in [0.15, 0.2) is 23.1 Å². The Bertz CT molecular complexity index is 630. The second-order valence-electron chi connectivity index (χ2n) is 4.60. The highest BCUT2D eigenvalue weighted by Crippen LogP contribution is 2.33. The first-order valence-corrected chi connectivity index (χ1v) is 8.25. The number of amides is 1. The van der Waals surface area contributed by atoms with Gasteiger partial charge in [0.1, 0.15) is 5.75 Å². The Balaban J connectivity index is 2.31. The van der Waals surface area contributed by atoms with Crippen molar-refractivity contribution >= 4 is 21.6 Å². The number of nitrogens with two attached hydrogens (primary N) is 1. The van der Waals surface area contributed by atoms with Gasteiger partial charge >= 0.3 is 0 Å². The van der Waals surface area contributed by atoms with Gasteiger partial charge in [-0.2, -0.15) is 0 Å². The first kappa shape index (κ1) is 15.7. The number of carbonyl (C=O) groups is 1. The molecule has 1 aromatic carbocycles. The number of rotatable bonds is 6. The summed E-state index contributed by atoms with van der Waals surface area (Å²) in [5, 5.41) is 0. The molecule has 0 unspecified atom stereocenters. The van der Waals surface area contributed by atoms with Crippen LogP contribution in [0.4, 0.5) is 5.69 Å². The highest BCUT2D eigenvalue weighted by atomic mass is 32.2. The van der Waals surface area contributed by atoms with Gasteiger partial charge in [0.15, 0.2) is 6.61 Å². The van der Waals surface area contributed by atoms with E-state index in [1.807, 2.05) is 6.92 Å². The van der Waals surface area contributed by atoms with E-state index < -0.39 is 10.0 Å². The number of nitrogens with zero attached hydrogens (tertiary/aromatic N) is 1. The summed E-state index contributed by atoms with van der Waals surface area (Å²) < 4.78 is 32.1. The van der Waals surface area contributed by atoms with Crippen molar-refractivity contribution in [1.29, 1.82) is 0 Å². The number of nitrogens with one attached hydrogen (secondary N) is 1. The molecular formula is C13H19N3O4S. The molecule has 8 heteroatoms. The first-order chi connectivity index (χ1) is 9.99. The number of hydrogen-bond donors (Lipinski definition) is 2. The smallest absolute Gasteiger partial charge is 0.265 e. The minimum absolute atomic E-state index is 0.0261. The third-order valence-corrected chi connectivity index (χ3v) is 4.63. The minimum Gasteiger partial charge on any atom is -0.482 e. The third-order valence-electron chi connectivity index (χ3n) is 3.17. The lowest BCUT2D eigenvalue weighted by molar-refractivity contribution is -0.121. The standard InChI is InChI=1S/C13H19N3O4S/c1-2-16-11-8-10(21(18,19)15-7-3-6-14)4-5-12(11)20-9-13(16)17/h4-5,8,15H,2-3,6-7,9,14H2,1H3. The van der Waals surface area contributed by atoms with E-state index in [0.717, 1.165) is 0 Å². The van der Waals surface area contributed by atoms with Crippen molar-refractivity contribution in [2.75, 3.05) is 31.1 Å². The molecule has 0 atom stereocenters. The topological polar surface area (TPSA) is 102 Å². The molecule has 2 rings (SSSR count). The van der Waals surface area contributed by atoms with Gasteiger partial charge in [0.25, 0.3) is 5.91 Å². The number of carbonyl (C=O) groups excluding carboxylic acids is 1. The largest absolute Gasteiger partial charge is 0.482 e. The molecule has 1 aliphatic heterocycles. The Morgan fingerprint density at radius 2 is 2.19 bits per heavy atom. The number of fused-ring (bicyclic) bond motifs is 1. The SMILES string of the molecule is CCN1C(=O)COc2ccc(S(=O)(=O)NCCCN)cc21. The summed E-state index contributed by atoms with van der Waals surface area (Å²) in [6.45, 7) is 2.95. The van der Waals surface area contributed by atoms with Crippen molar-refractivity contribution in [3.05, 3.63) is 18.2 Å². The van der Waals surface area contributed by atoms with E-state index in [1.54, 1.807) is 6.07 Å². The van der Waals surface area contributed by atoms with Crippen LogP contribution in [-0.4, -0.2) is 40.6 Å². The zero-order chi connectivity index (χ0) is 15.5. The fraction of sp³-hybridized carbons (Fsp3) is 0.462. The van der Waals surface area contributed by atoms with E-state index >= 15 is 0 Å². The lowest BCUT2D eigenvalue weighted by Gasteiger charge is -2.28. The van der Waals surface area contributed by atoms with Gasteiger partial charge in [0, 0.05) is 13.1 Å². The summed E-state index contributed by atoms with van der Waals surface area (Å²) in [5.41, 5.74) is 5.83. The van der Waals surface area contributed by atoms with Crippen LogP contribution >= 0.6 is 0 Å². The second-order valence-corrected chi connectivity index (χ2v) is 6.36. The molecule has 0 saturated heterocycles. The van der Waals surface area contributed by atoms with Crippen LogP contribution < -0.4 is 20.1 Å². The number of likely N-dealkylation sites (N-methyl/N-ethyl adjacent to an activating group) is 1. The van der Waals surface area contributed by atoms with Gasteiger partial charge < -0.3 is 15.4 Å². The monoisotopic (exact) mass is 313 g/mol. The van der Waals surface area contributed by atoms with Crippen LogP contribution in [0.3, 0.4) is 0 Å². The fourth-order valence-electron chi connectivity index (χ4n) is 2.09. The first-order valence-electron chi connectivity index (χ1n) is 6.76. The maximum absolute atomic E-state index is 12.2. The number of anilines is 1. The lowest BCUT2D eigenvalue weighted by Crippen LogP contribution is -2.38. The average molecular weight is 313 g/mol. The van der Waals surface area contributed by atoms with E-state index in [2.05, 4.69) is 4.72 Å². The third kappa shape index (κ3) is 3.34. The van der Waals surface area contributed by atoms with E-state index in [0.29, 0.717) is 30.9 Å². The maximum Gasteiger partial charge on any atom is 0.265 e. The van der Waals surface area contributed by atoms with Crippen molar-refractivity contribution < 1.29 is 17.9 Å². The van der Waals surface area contributed by atoms with Crippen LogP contribution in [0.5, 0.6) is 5.75 Å². The molecule has 0 spiro atoms. The zero-order valence-electron chi connectivity index (χ0n) is 11.8. The molecule has 0 fully saturated rings. The van der Waals surface area contributed by atoms with Gasteiger partial charge in [-0.15, -0.1) is 0 Å². The van der Waals surface area contributed by atoms with E-state index in [-0.39, 0.29) is 24.0 Å². The molecule has 7 nitrogen and oxygen atoms in total. The summed E-state index contributed by atoms with van der Waals surface area (Å²) in [6, 6.07) is 4.50. The van der Waals surface area contributed by atoms with Crippen LogP contribution in [0.25, 0.3) is 0 Å². The zero-order valence-corrected chi connectivity index (χ0v) is 12.6. The minimum atomic E-state index is -3.61. The molecule has 1 aliphatic rings. The summed E-state index contributed by atoms with van der Waals surface area (Å²) in [6.07, 6.45) is 0.562. The highest BCUT2D eigenvalue weighted by Gasteiger charge is 2.26. The number of hydrogen-bond acceptors (Lipinski definition) is 5. The summed E-state index contributed by atoms with van der Waals surface area (Å²) in [5.74, 6) is 0.327. The van der Waals surface area contributed by atoms with Crippen LogP contribution in [0.1, 0.15) is 13.3 Å². The van der Waals surface area contributed by atoms with Gasteiger partial charge in [-0.05, 0) is 38.1 Å². The Morgan fingerprint density at radius 3 is 2.86 bits per heavy atom. The Morgan fingerprint density at radius 1 is 1.43 bits per heavy atom. The van der Waals surface area contributed by atoms with Gasteiger partial charge in [-0.25, -0.2) is 13.1 Å². The van der Waals surface area contributed by atoms with Crippen molar-refractivity contribution in [2.45, 2.75) is 18.2 Å². The van der Waals surface area contributed by atoms with Gasteiger partial charge in [-0.1, -0.05) is 0 Å². The normalized spacial score (nSPS) is 14.8. The molecule has 0 radical (unpaired) electrons. The lowest BCUT2D eigenvalue weighted by atomic mass is 10.2. The maximum atomic E-state index is 12.2. The summed E-state index contributed by atoms with van der Waals surface area (Å²) in [4.78, 5) is 13.4. The molecular weight excluding hydrogens is 294 g/mol. The van der Waals surface area contributed by atoms with Crippen LogP contribution in [-0.2, 0) is 14.8 Å². The Hall–Kier alpha value is -1.64. The molecule has 1 heterocycles. The average Bonchev–Trinajstić information content (AvgIpc) is 2.46. The molecule has 0 aliphatic carbocycles. The van der Waals surface area contributed by atoms with Crippen LogP contribution in [0.2, 0.25) is 0 Å². The quantitative estimate of drug-likeness (QED) is 0.723. The Kier molecular flexibility index (Phi) is 4.81. The molecule has 3 N–H and O–H groups in total. The van der Waals surface area contributed by atoms with Crippen molar-refractivity contribution in [2.24, 2.45) is 5.73 Å². The van der Waals surface area contributed by atoms with Crippen molar-refractivity contribution in [3.63, 3.8) is 0 Å². The summed E-state index contributed by atoms with van der Waals surface area (Å²) in [7, 11) is -3.61. The van der Waals surface area contributed by atoms with E-state index in [4.69, 9.17) is 10.5 Å². The van der Waals surface area contributed by atoms with Gasteiger partial charge in [-0.3, -0.25) is 4.79 Å². The fourth-order valence-corrected chi connectivity index (χ4v) is 3.18.